The van der Waals surface area contributed by atoms with Crippen molar-refractivity contribution >= 4 is 46.2 Å². The first-order valence-electron chi connectivity index (χ1n) is 5.35. The lowest BCUT2D eigenvalue weighted by molar-refractivity contribution is 0.247. The molecule has 3 nitrogen and oxygen atoms in total. The Morgan fingerprint density at radius 2 is 2.00 bits per heavy atom. The summed E-state index contributed by atoms with van der Waals surface area (Å²) in [5, 5.41) is 7.70. The molecule has 0 aliphatic carbocycles. The van der Waals surface area contributed by atoms with Crippen LogP contribution in [-0.2, 0) is 4.74 Å². The first-order valence-corrected chi connectivity index (χ1v) is 6.51. The lowest BCUT2D eigenvalue weighted by atomic mass is 10.3. The molecule has 98 valence electrons. The van der Waals surface area contributed by atoms with Gasteiger partial charge in [0.15, 0.2) is 5.11 Å². The van der Waals surface area contributed by atoms with E-state index in [0.717, 1.165) is 12.1 Å². The summed E-state index contributed by atoms with van der Waals surface area (Å²) in [5.74, 6) is 0. The fourth-order valence-electron chi connectivity index (χ4n) is 1.24. The van der Waals surface area contributed by atoms with Gasteiger partial charge in [0, 0.05) is 22.3 Å². The molecule has 0 bridgehead atoms. The van der Waals surface area contributed by atoms with E-state index in [4.69, 9.17) is 40.2 Å². The summed E-state index contributed by atoms with van der Waals surface area (Å²) < 4.78 is 4.99. The third kappa shape index (κ3) is 6.10. The molecule has 0 atom stereocenters. The summed E-state index contributed by atoms with van der Waals surface area (Å²) in [7, 11) is 0. The van der Waals surface area contributed by atoms with Crippen LogP contribution in [0.25, 0.3) is 0 Å². The van der Waals surface area contributed by atoms with Gasteiger partial charge < -0.3 is 15.4 Å². The van der Waals surface area contributed by atoms with Gasteiger partial charge in [-0.05, 0) is 36.8 Å². The van der Waals surface area contributed by atoms with Crippen molar-refractivity contribution in [1.82, 2.24) is 5.32 Å². The average Bonchev–Trinajstić information content (AvgIpc) is 2.27. The van der Waals surface area contributed by atoms with Gasteiger partial charge in [-0.25, -0.2) is 0 Å². The van der Waals surface area contributed by atoms with Crippen molar-refractivity contribution in [2.75, 3.05) is 18.5 Å². The Balaban J connectivity index is 2.33. The van der Waals surface area contributed by atoms with Crippen LogP contribution in [0.2, 0.25) is 10.0 Å². The fourth-order valence-corrected chi connectivity index (χ4v) is 1.99. The molecule has 18 heavy (non-hydrogen) atoms. The molecule has 0 spiro atoms. The number of ether oxygens (including phenoxy) is 1. The van der Waals surface area contributed by atoms with Crippen LogP contribution in [0, 0.1) is 0 Å². The zero-order valence-corrected chi connectivity index (χ0v) is 12.0. The van der Waals surface area contributed by atoms with Crippen LogP contribution in [0.15, 0.2) is 31.0 Å². The average molecular weight is 305 g/mol. The highest BCUT2D eigenvalue weighted by Crippen LogP contribution is 2.22. The summed E-state index contributed by atoms with van der Waals surface area (Å²) >= 11 is 16.9. The van der Waals surface area contributed by atoms with Crippen LogP contribution in [0.1, 0.15) is 6.42 Å². The number of thiocarbonyl (C=S) groups is 1. The zero-order valence-electron chi connectivity index (χ0n) is 9.71. The molecule has 0 amide bonds. The third-order valence-corrected chi connectivity index (χ3v) is 2.65. The molecular weight excluding hydrogens is 291 g/mol. The van der Waals surface area contributed by atoms with E-state index in [1.54, 1.807) is 18.2 Å². The number of hydrogen-bond donors (Lipinski definition) is 2. The molecule has 6 heteroatoms. The van der Waals surface area contributed by atoms with E-state index < -0.39 is 0 Å². The van der Waals surface area contributed by atoms with Crippen LogP contribution in [-0.4, -0.2) is 18.3 Å². The minimum Gasteiger partial charge on any atom is -0.502 e. The van der Waals surface area contributed by atoms with Crippen molar-refractivity contribution < 1.29 is 4.74 Å². The van der Waals surface area contributed by atoms with Gasteiger partial charge in [0.05, 0.1) is 12.9 Å². The Morgan fingerprint density at radius 3 is 2.61 bits per heavy atom. The predicted molar refractivity (Wildman–Crippen MR) is 81.5 cm³/mol. The molecule has 0 heterocycles. The van der Waals surface area contributed by atoms with E-state index in [1.807, 2.05) is 0 Å². The quantitative estimate of drug-likeness (QED) is 0.475. The Morgan fingerprint density at radius 1 is 1.33 bits per heavy atom. The Bertz CT molecular complexity index is 406. The van der Waals surface area contributed by atoms with Crippen molar-refractivity contribution in [2.24, 2.45) is 0 Å². The SMILES string of the molecule is C=COCCCNC(=S)Nc1cc(Cl)cc(Cl)c1. The molecule has 0 aliphatic heterocycles. The van der Waals surface area contributed by atoms with Crippen molar-refractivity contribution in [3.8, 4) is 0 Å². The van der Waals surface area contributed by atoms with Crippen LogP contribution in [0.3, 0.4) is 0 Å². The maximum atomic E-state index is 5.88. The molecule has 0 saturated carbocycles. The number of benzene rings is 1. The van der Waals surface area contributed by atoms with Crippen LogP contribution in [0.4, 0.5) is 5.69 Å². The molecular formula is C12H14Cl2N2OS. The van der Waals surface area contributed by atoms with E-state index in [2.05, 4.69) is 17.2 Å². The maximum absolute atomic E-state index is 5.88. The van der Waals surface area contributed by atoms with Gasteiger partial charge in [0.2, 0.25) is 0 Å². The number of halogens is 2. The highest BCUT2D eigenvalue weighted by atomic mass is 35.5. The first-order chi connectivity index (χ1) is 8.61. The number of anilines is 1. The largest absolute Gasteiger partial charge is 0.502 e. The highest BCUT2D eigenvalue weighted by Gasteiger charge is 2.00. The number of hydrogen-bond acceptors (Lipinski definition) is 2. The number of nitrogens with one attached hydrogen (secondary N) is 2. The van der Waals surface area contributed by atoms with E-state index in [0.29, 0.717) is 28.3 Å². The van der Waals surface area contributed by atoms with Gasteiger partial charge in [-0.15, -0.1) is 0 Å². The van der Waals surface area contributed by atoms with Gasteiger partial charge in [0.25, 0.3) is 0 Å². The topological polar surface area (TPSA) is 33.3 Å². The van der Waals surface area contributed by atoms with Crippen molar-refractivity contribution in [2.45, 2.75) is 6.42 Å². The molecule has 1 rings (SSSR count). The molecule has 0 unspecified atom stereocenters. The normalized spacial score (nSPS) is 9.67. The third-order valence-electron chi connectivity index (χ3n) is 1.96. The first kappa shape index (κ1) is 15.1. The molecule has 1 aromatic carbocycles. The summed E-state index contributed by atoms with van der Waals surface area (Å²) in [4.78, 5) is 0. The Kier molecular flexibility index (Phi) is 6.86. The number of rotatable bonds is 6. The highest BCUT2D eigenvalue weighted by molar-refractivity contribution is 7.80. The van der Waals surface area contributed by atoms with Crippen molar-refractivity contribution in [1.29, 1.82) is 0 Å². The lowest BCUT2D eigenvalue weighted by Gasteiger charge is -2.11. The van der Waals surface area contributed by atoms with E-state index in [1.165, 1.54) is 6.26 Å². The second-order valence-electron chi connectivity index (χ2n) is 3.43. The summed E-state index contributed by atoms with van der Waals surface area (Å²) in [6, 6.07) is 5.17. The summed E-state index contributed by atoms with van der Waals surface area (Å²) in [5.41, 5.74) is 0.757. The zero-order chi connectivity index (χ0) is 13.4. The standard InChI is InChI=1S/C12H14Cl2N2OS/c1-2-17-5-3-4-15-12(18)16-11-7-9(13)6-10(14)8-11/h2,6-8H,1,3-5H2,(H2,15,16,18). The van der Waals surface area contributed by atoms with E-state index in [9.17, 15) is 0 Å². The molecule has 0 fully saturated rings. The monoisotopic (exact) mass is 304 g/mol. The van der Waals surface area contributed by atoms with Gasteiger partial charge >= 0.3 is 0 Å². The molecule has 0 aliphatic rings. The van der Waals surface area contributed by atoms with Crippen LogP contribution < -0.4 is 10.6 Å². The molecule has 2 N–H and O–H groups in total. The van der Waals surface area contributed by atoms with Gasteiger partial charge in [0.1, 0.15) is 0 Å². The summed E-state index contributed by atoms with van der Waals surface area (Å²) in [6.45, 7) is 4.79. The lowest BCUT2D eigenvalue weighted by Crippen LogP contribution is -2.29. The minimum atomic E-state index is 0.520. The second-order valence-corrected chi connectivity index (χ2v) is 4.71. The summed E-state index contributed by atoms with van der Waals surface area (Å²) in [6.07, 6.45) is 2.26. The second kappa shape index (κ2) is 8.19. The Labute approximate surface area is 122 Å². The van der Waals surface area contributed by atoms with Crippen molar-refractivity contribution in [3.05, 3.63) is 41.1 Å². The molecule has 0 saturated heterocycles. The fraction of sp³-hybridized carbons (Fsp3) is 0.250. The van der Waals surface area contributed by atoms with E-state index in [-0.39, 0.29) is 0 Å². The van der Waals surface area contributed by atoms with Crippen LogP contribution in [0.5, 0.6) is 0 Å². The van der Waals surface area contributed by atoms with Crippen LogP contribution >= 0.6 is 35.4 Å². The molecule has 1 aromatic rings. The molecule has 0 radical (unpaired) electrons. The van der Waals surface area contributed by atoms with Gasteiger partial charge in [-0.1, -0.05) is 29.8 Å². The van der Waals surface area contributed by atoms with E-state index >= 15 is 0 Å². The van der Waals surface area contributed by atoms with Gasteiger partial charge in [-0.2, -0.15) is 0 Å². The predicted octanol–water partition coefficient (Wildman–Crippen LogP) is 3.83. The molecule has 0 aromatic heterocycles. The van der Waals surface area contributed by atoms with Crippen molar-refractivity contribution in [3.63, 3.8) is 0 Å². The smallest absolute Gasteiger partial charge is 0.170 e. The Hall–Kier alpha value is -0.970. The maximum Gasteiger partial charge on any atom is 0.170 e. The van der Waals surface area contributed by atoms with Gasteiger partial charge in [-0.3, -0.25) is 0 Å². The minimum absolute atomic E-state index is 0.520.